The fraction of sp³-hybridized carbons (Fsp3) is 0.600. The van der Waals surface area contributed by atoms with Gasteiger partial charge in [-0.2, -0.15) is 0 Å². The van der Waals surface area contributed by atoms with Gasteiger partial charge in [-0.15, -0.1) is 0 Å². The molecule has 0 aliphatic heterocycles. The van der Waals surface area contributed by atoms with Crippen LogP contribution >= 0.6 is 0 Å². The zero-order valence-electron chi connectivity index (χ0n) is 13.4. The first-order chi connectivity index (χ1) is 10.7. The lowest BCUT2D eigenvalue weighted by Gasteiger charge is -2.22. The fourth-order valence-corrected chi connectivity index (χ4v) is 3.96. The Hall–Kier alpha value is -1.44. The second-order valence-electron chi connectivity index (χ2n) is 7.19. The molecule has 0 N–H and O–H groups in total. The Bertz CT molecular complexity index is 481. The van der Waals surface area contributed by atoms with Crippen LogP contribution in [0, 0.1) is 11.8 Å². The van der Waals surface area contributed by atoms with Gasteiger partial charge in [-0.25, -0.2) is 0 Å². The summed E-state index contributed by atoms with van der Waals surface area (Å²) in [5.41, 5.74) is 2.84. The van der Waals surface area contributed by atoms with E-state index in [-0.39, 0.29) is 0 Å². The maximum absolute atomic E-state index is 11.3. The van der Waals surface area contributed by atoms with Crippen LogP contribution in [0.4, 0.5) is 0 Å². The number of rotatable bonds is 4. The molecule has 0 heterocycles. The summed E-state index contributed by atoms with van der Waals surface area (Å²) in [7, 11) is 0. The summed E-state index contributed by atoms with van der Waals surface area (Å²) in [6.07, 6.45) is 9.60. The molecule has 118 valence electrons. The van der Waals surface area contributed by atoms with Crippen molar-refractivity contribution in [2.45, 2.75) is 64.2 Å². The highest BCUT2D eigenvalue weighted by molar-refractivity contribution is 5.79. The Balaban J connectivity index is 1.55. The molecule has 0 radical (unpaired) electrons. The van der Waals surface area contributed by atoms with Gasteiger partial charge in [0.15, 0.2) is 0 Å². The van der Waals surface area contributed by atoms with E-state index in [1.807, 2.05) is 0 Å². The van der Waals surface area contributed by atoms with E-state index in [4.69, 9.17) is 0 Å². The summed E-state index contributed by atoms with van der Waals surface area (Å²) < 4.78 is 0. The molecule has 0 saturated heterocycles. The van der Waals surface area contributed by atoms with Crippen molar-refractivity contribution in [1.82, 2.24) is 0 Å². The van der Waals surface area contributed by atoms with Crippen molar-refractivity contribution in [3.63, 3.8) is 0 Å². The SMILES string of the molecule is O=C1CCC(Cc2cccc(CC3CCC(=O)CC3)c2)CC1. The molecule has 3 rings (SSSR count). The van der Waals surface area contributed by atoms with E-state index in [0.29, 0.717) is 23.4 Å². The summed E-state index contributed by atoms with van der Waals surface area (Å²) >= 11 is 0. The molecule has 2 nitrogen and oxygen atoms in total. The smallest absolute Gasteiger partial charge is 0.132 e. The number of hydrogen-bond acceptors (Lipinski definition) is 2. The third-order valence-corrected chi connectivity index (χ3v) is 5.37. The maximum atomic E-state index is 11.3. The van der Waals surface area contributed by atoms with Gasteiger partial charge in [0, 0.05) is 25.7 Å². The van der Waals surface area contributed by atoms with Crippen LogP contribution in [0.25, 0.3) is 0 Å². The molecule has 1 aromatic rings. The van der Waals surface area contributed by atoms with Crippen molar-refractivity contribution in [2.24, 2.45) is 11.8 Å². The predicted molar refractivity (Wildman–Crippen MR) is 87.8 cm³/mol. The van der Waals surface area contributed by atoms with Crippen molar-refractivity contribution in [3.05, 3.63) is 35.4 Å². The molecule has 2 aliphatic rings. The van der Waals surface area contributed by atoms with E-state index < -0.39 is 0 Å². The number of ketones is 2. The van der Waals surface area contributed by atoms with Crippen LogP contribution in [0.2, 0.25) is 0 Å². The van der Waals surface area contributed by atoms with Crippen LogP contribution in [0.1, 0.15) is 62.5 Å². The Labute approximate surface area is 133 Å². The molecule has 2 saturated carbocycles. The van der Waals surface area contributed by atoms with Gasteiger partial charge < -0.3 is 0 Å². The van der Waals surface area contributed by atoms with Crippen molar-refractivity contribution in [1.29, 1.82) is 0 Å². The molecule has 0 unspecified atom stereocenters. The van der Waals surface area contributed by atoms with Crippen molar-refractivity contribution in [2.75, 3.05) is 0 Å². The Morgan fingerprint density at radius 2 is 1.14 bits per heavy atom. The third-order valence-electron chi connectivity index (χ3n) is 5.37. The minimum atomic E-state index is 0.442. The van der Waals surface area contributed by atoms with Crippen molar-refractivity contribution < 1.29 is 9.59 Å². The first-order valence-corrected chi connectivity index (χ1v) is 8.80. The van der Waals surface area contributed by atoms with Gasteiger partial charge in [0.2, 0.25) is 0 Å². The Morgan fingerprint density at radius 1 is 0.727 bits per heavy atom. The molecular weight excluding hydrogens is 272 g/mol. The minimum Gasteiger partial charge on any atom is -0.300 e. The van der Waals surface area contributed by atoms with Gasteiger partial charge in [0.05, 0.1) is 0 Å². The first kappa shape index (κ1) is 15.5. The molecule has 22 heavy (non-hydrogen) atoms. The second-order valence-corrected chi connectivity index (χ2v) is 7.19. The van der Waals surface area contributed by atoms with Crippen LogP contribution in [0.15, 0.2) is 24.3 Å². The number of Topliss-reactive ketones (excluding diaryl/α,β-unsaturated/α-hetero) is 2. The summed E-state index contributed by atoms with van der Waals surface area (Å²) in [6.45, 7) is 0. The highest BCUT2D eigenvalue weighted by Crippen LogP contribution is 2.28. The van der Waals surface area contributed by atoms with Gasteiger partial charge in [-0.05, 0) is 61.5 Å². The van der Waals surface area contributed by atoms with E-state index in [2.05, 4.69) is 24.3 Å². The van der Waals surface area contributed by atoms with Crippen molar-refractivity contribution >= 4 is 11.6 Å². The molecule has 0 spiro atoms. The van der Waals surface area contributed by atoms with Gasteiger partial charge in [0.1, 0.15) is 11.6 Å². The molecule has 0 aromatic heterocycles. The molecule has 2 heteroatoms. The number of carbonyl (C=O) groups excluding carboxylic acids is 2. The normalized spacial score (nSPS) is 21.3. The quantitative estimate of drug-likeness (QED) is 0.831. The highest BCUT2D eigenvalue weighted by Gasteiger charge is 2.20. The Kier molecular flexibility index (Phi) is 5.07. The summed E-state index contributed by atoms with van der Waals surface area (Å²) in [6, 6.07) is 8.98. The van der Waals surface area contributed by atoms with Crippen LogP contribution in [-0.2, 0) is 22.4 Å². The lowest BCUT2D eigenvalue weighted by Crippen LogP contribution is -2.16. The molecular formula is C20H26O2. The Morgan fingerprint density at radius 3 is 1.55 bits per heavy atom. The third kappa shape index (κ3) is 4.28. The maximum Gasteiger partial charge on any atom is 0.132 e. The lowest BCUT2D eigenvalue weighted by molar-refractivity contribution is -0.121. The molecule has 0 bridgehead atoms. The second kappa shape index (κ2) is 7.21. The largest absolute Gasteiger partial charge is 0.300 e. The summed E-state index contributed by atoms with van der Waals surface area (Å²) in [4.78, 5) is 22.7. The molecule has 1 aromatic carbocycles. The summed E-state index contributed by atoms with van der Waals surface area (Å²) in [5, 5.41) is 0. The standard InChI is InChI=1S/C20H26O2/c21-19-8-4-15(5-9-19)12-17-2-1-3-18(14-17)13-16-6-10-20(22)11-7-16/h1-3,14-16H,4-13H2. The first-order valence-electron chi connectivity index (χ1n) is 8.80. The van der Waals surface area contributed by atoms with E-state index in [9.17, 15) is 9.59 Å². The fourth-order valence-electron chi connectivity index (χ4n) is 3.96. The number of hydrogen-bond donors (Lipinski definition) is 0. The van der Waals surface area contributed by atoms with Gasteiger partial charge in [0.25, 0.3) is 0 Å². The van der Waals surface area contributed by atoms with Crippen molar-refractivity contribution in [3.8, 4) is 0 Å². The van der Waals surface area contributed by atoms with E-state index in [1.165, 1.54) is 11.1 Å². The zero-order chi connectivity index (χ0) is 15.4. The summed E-state index contributed by atoms with van der Waals surface area (Å²) in [5.74, 6) is 2.24. The van der Waals surface area contributed by atoms with Crippen LogP contribution < -0.4 is 0 Å². The van der Waals surface area contributed by atoms with Crippen LogP contribution in [-0.4, -0.2) is 11.6 Å². The zero-order valence-corrected chi connectivity index (χ0v) is 13.4. The monoisotopic (exact) mass is 298 g/mol. The van der Waals surface area contributed by atoms with Gasteiger partial charge >= 0.3 is 0 Å². The average molecular weight is 298 g/mol. The van der Waals surface area contributed by atoms with Gasteiger partial charge in [-0.3, -0.25) is 9.59 Å². The topological polar surface area (TPSA) is 34.1 Å². The number of benzene rings is 1. The highest BCUT2D eigenvalue weighted by atomic mass is 16.1. The molecule has 2 fully saturated rings. The van der Waals surface area contributed by atoms with E-state index in [1.54, 1.807) is 0 Å². The van der Waals surface area contributed by atoms with E-state index >= 15 is 0 Å². The van der Waals surface area contributed by atoms with Gasteiger partial charge in [-0.1, -0.05) is 24.3 Å². The van der Waals surface area contributed by atoms with E-state index in [0.717, 1.165) is 64.2 Å². The minimum absolute atomic E-state index is 0.442. The molecule has 2 aliphatic carbocycles. The van der Waals surface area contributed by atoms with Crippen LogP contribution in [0.5, 0.6) is 0 Å². The molecule has 0 amide bonds. The number of carbonyl (C=O) groups is 2. The average Bonchev–Trinajstić information content (AvgIpc) is 2.52. The lowest BCUT2D eigenvalue weighted by atomic mass is 9.82. The molecule has 0 atom stereocenters. The predicted octanol–water partition coefficient (Wildman–Crippen LogP) is 4.29. The van der Waals surface area contributed by atoms with Crippen LogP contribution in [0.3, 0.4) is 0 Å².